The Kier molecular flexibility index (Phi) is 4.05. The molecular weight excluding hydrogens is 296 g/mol. The van der Waals surface area contributed by atoms with Gasteiger partial charge >= 0.3 is 5.97 Å². The fourth-order valence-corrected chi connectivity index (χ4v) is 3.28. The molecule has 1 aromatic carbocycles. The first-order valence-corrected chi connectivity index (χ1v) is 7.51. The van der Waals surface area contributed by atoms with E-state index in [-0.39, 0.29) is 10.5 Å². The van der Waals surface area contributed by atoms with Gasteiger partial charge in [-0.2, -0.15) is 5.10 Å². The number of carboxylic acid groups (broad SMARTS) is 1. The number of benzene rings is 1. The van der Waals surface area contributed by atoms with Gasteiger partial charge in [-0.05, 0) is 31.5 Å². The third-order valence-electron chi connectivity index (χ3n) is 2.90. The number of carbonyl (C=O) groups is 1. The molecule has 0 aliphatic heterocycles. The Morgan fingerprint density at radius 1 is 1.43 bits per heavy atom. The Morgan fingerprint density at radius 2 is 2.14 bits per heavy atom. The van der Waals surface area contributed by atoms with Crippen molar-refractivity contribution in [1.82, 2.24) is 19.9 Å². The van der Waals surface area contributed by atoms with Crippen LogP contribution in [0.3, 0.4) is 0 Å². The standard InChI is InChI=1S/C12H14N4O4S/c1-7-3-4-9(12(17)18)5-10(7)21(19,20)16-8(2)11-13-6-14-15-11/h3-6,8,16H,1-2H3,(H,17,18)(H,13,14,15). The summed E-state index contributed by atoms with van der Waals surface area (Å²) in [6, 6.07) is 3.33. The quantitative estimate of drug-likeness (QED) is 0.752. The van der Waals surface area contributed by atoms with Crippen LogP contribution in [-0.4, -0.2) is 34.7 Å². The van der Waals surface area contributed by atoms with E-state index in [9.17, 15) is 13.2 Å². The molecule has 1 aromatic heterocycles. The van der Waals surface area contributed by atoms with Crippen molar-refractivity contribution in [2.45, 2.75) is 24.8 Å². The number of nitrogens with zero attached hydrogens (tertiary/aromatic N) is 2. The molecule has 8 nitrogen and oxygen atoms in total. The molecule has 21 heavy (non-hydrogen) atoms. The van der Waals surface area contributed by atoms with Crippen LogP contribution in [0.5, 0.6) is 0 Å². The lowest BCUT2D eigenvalue weighted by molar-refractivity contribution is 0.0696. The molecule has 0 radical (unpaired) electrons. The molecule has 0 aliphatic carbocycles. The summed E-state index contributed by atoms with van der Waals surface area (Å²) in [5, 5.41) is 15.2. The lowest BCUT2D eigenvalue weighted by atomic mass is 10.1. The highest BCUT2D eigenvalue weighted by Crippen LogP contribution is 2.19. The van der Waals surface area contributed by atoms with Crippen LogP contribution in [0.4, 0.5) is 0 Å². The largest absolute Gasteiger partial charge is 0.478 e. The SMILES string of the molecule is Cc1ccc(C(=O)O)cc1S(=O)(=O)NC(C)c1ncn[nH]1. The number of rotatable bonds is 5. The van der Waals surface area contributed by atoms with E-state index in [0.717, 1.165) is 6.07 Å². The summed E-state index contributed by atoms with van der Waals surface area (Å²) in [4.78, 5) is 14.8. The van der Waals surface area contributed by atoms with Gasteiger partial charge in [-0.1, -0.05) is 6.07 Å². The van der Waals surface area contributed by atoms with Crippen LogP contribution in [0.25, 0.3) is 0 Å². The molecule has 1 heterocycles. The molecule has 3 N–H and O–H groups in total. The molecule has 0 saturated carbocycles. The number of hydrogen-bond donors (Lipinski definition) is 3. The highest BCUT2D eigenvalue weighted by atomic mass is 32.2. The summed E-state index contributed by atoms with van der Waals surface area (Å²) >= 11 is 0. The van der Waals surface area contributed by atoms with E-state index in [0.29, 0.717) is 11.4 Å². The highest BCUT2D eigenvalue weighted by Gasteiger charge is 2.22. The third-order valence-corrected chi connectivity index (χ3v) is 4.58. The maximum absolute atomic E-state index is 12.4. The average Bonchev–Trinajstić information content (AvgIpc) is 2.92. The number of hydrogen-bond acceptors (Lipinski definition) is 5. The molecule has 1 unspecified atom stereocenters. The Hall–Kier alpha value is -2.26. The highest BCUT2D eigenvalue weighted by molar-refractivity contribution is 7.89. The van der Waals surface area contributed by atoms with Crippen molar-refractivity contribution >= 4 is 16.0 Å². The summed E-state index contributed by atoms with van der Waals surface area (Å²) in [5.74, 6) is -0.819. The maximum atomic E-state index is 12.4. The molecule has 0 fully saturated rings. The van der Waals surface area contributed by atoms with Crippen molar-refractivity contribution in [1.29, 1.82) is 0 Å². The molecule has 1 atom stereocenters. The fourth-order valence-electron chi connectivity index (χ4n) is 1.80. The lowest BCUT2D eigenvalue weighted by Gasteiger charge is -2.13. The van der Waals surface area contributed by atoms with E-state index in [1.165, 1.54) is 18.5 Å². The molecule has 0 aliphatic rings. The first kappa shape index (κ1) is 15.1. The van der Waals surface area contributed by atoms with E-state index in [2.05, 4.69) is 19.9 Å². The first-order chi connectivity index (χ1) is 9.81. The number of aromatic amines is 1. The van der Waals surface area contributed by atoms with Crippen LogP contribution < -0.4 is 4.72 Å². The average molecular weight is 310 g/mol. The molecule has 0 amide bonds. The van der Waals surface area contributed by atoms with E-state index in [1.807, 2.05) is 0 Å². The molecule has 9 heteroatoms. The van der Waals surface area contributed by atoms with Crippen LogP contribution in [0.15, 0.2) is 29.4 Å². The normalized spacial score (nSPS) is 13.0. The van der Waals surface area contributed by atoms with Crippen LogP contribution in [0.2, 0.25) is 0 Å². The van der Waals surface area contributed by atoms with Gasteiger partial charge in [0, 0.05) is 0 Å². The van der Waals surface area contributed by atoms with E-state index in [4.69, 9.17) is 5.11 Å². The predicted molar refractivity (Wildman–Crippen MR) is 73.3 cm³/mol. The fraction of sp³-hybridized carbons (Fsp3) is 0.250. The predicted octanol–water partition coefficient (Wildman–Crippen LogP) is 0.851. The topological polar surface area (TPSA) is 125 Å². The minimum absolute atomic E-state index is 0.0752. The summed E-state index contributed by atoms with van der Waals surface area (Å²) in [6.45, 7) is 3.20. The van der Waals surface area contributed by atoms with Gasteiger partial charge in [-0.25, -0.2) is 22.9 Å². The van der Waals surface area contributed by atoms with E-state index in [1.54, 1.807) is 13.8 Å². The Labute approximate surface area is 121 Å². The molecule has 2 aromatic rings. The van der Waals surface area contributed by atoms with Gasteiger partial charge in [0.1, 0.15) is 12.2 Å². The minimum Gasteiger partial charge on any atom is -0.478 e. The van der Waals surface area contributed by atoms with Crippen molar-refractivity contribution in [3.05, 3.63) is 41.5 Å². The van der Waals surface area contributed by atoms with Crippen molar-refractivity contribution in [3.63, 3.8) is 0 Å². The summed E-state index contributed by atoms with van der Waals surface area (Å²) in [7, 11) is -3.87. The summed E-state index contributed by atoms with van der Waals surface area (Å²) in [5.41, 5.74) is 0.366. The number of H-pyrrole nitrogens is 1. The number of nitrogens with one attached hydrogen (secondary N) is 2. The molecular formula is C12H14N4O4S. The van der Waals surface area contributed by atoms with Crippen molar-refractivity contribution in [3.8, 4) is 0 Å². The zero-order valence-corrected chi connectivity index (χ0v) is 12.2. The zero-order chi connectivity index (χ0) is 15.6. The van der Waals surface area contributed by atoms with Gasteiger partial charge in [-0.15, -0.1) is 0 Å². The molecule has 0 bridgehead atoms. The Balaban J connectivity index is 2.35. The smallest absolute Gasteiger partial charge is 0.335 e. The maximum Gasteiger partial charge on any atom is 0.335 e. The minimum atomic E-state index is -3.87. The molecule has 0 saturated heterocycles. The zero-order valence-electron chi connectivity index (χ0n) is 11.4. The van der Waals surface area contributed by atoms with Crippen LogP contribution in [0.1, 0.15) is 34.7 Å². The summed E-state index contributed by atoms with van der Waals surface area (Å²) < 4.78 is 27.2. The second-order valence-corrected chi connectivity index (χ2v) is 6.18. The van der Waals surface area contributed by atoms with Gasteiger partial charge in [0.25, 0.3) is 0 Å². The Morgan fingerprint density at radius 3 is 2.71 bits per heavy atom. The van der Waals surface area contributed by atoms with E-state index < -0.39 is 22.0 Å². The molecule has 112 valence electrons. The molecule has 2 rings (SSSR count). The number of aryl methyl sites for hydroxylation is 1. The van der Waals surface area contributed by atoms with Crippen molar-refractivity contribution in [2.24, 2.45) is 0 Å². The summed E-state index contributed by atoms with van der Waals surface area (Å²) in [6.07, 6.45) is 1.27. The van der Waals surface area contributed by atoms with Crippen molar-refractivity contribution in [2.75, 3.05) is 0 Å². The first-order valence-electron chi connectivity index (χ1n) is 6.03. The van der Waals surface area contributed by atoms with Gasteiger partial charge < -0.3 is 5.11 Å². The van der Waals surface area contributed by atoms with Gasteiger partial charge in [0.2, 0.25) is 10.0 Å². The second-order valence-electron chi connectivity index (χ2n) is 4.50. The number of sulfonamides is 1. The van der Waals surface area contributed by atoms with E-state index >= 15 is 0 Å². The third kappa shape index (κ3) is 3.26. The van der Waals surface area contributed by atoms with Crippen LogP contribution in [0, 0.1) is 6.92 Å². The molecule has 0 spiro atoms. The monoisotopic (exact) mass is 310 g/mol. The van der Waals surface area contributed by atoms with Gasteiger partial charge in [-0.3, -0.25) is 5.10 Å². The Bertz CT molecular complexity index is 756. The van der Waals surface area contributed by atoms with Gasteiger partial charge in [0.15, 0.2) is 0 Å². The number of carboxylic acids is 1. The van der Waals surface area contributed by atoms with Crippen LogP contribution in [-0.2, 0) is 10.0 Å². The van der Waals surface area contributed by atoms with Crippen LogP contribution >= 0.6 is 0 Å². The van der Waals surface area contributed by atoms with Gasteiger partial charge in [0.05, 0.1) is 16.5 Å². The number of aromatic nitrogens is 3. The number of aromatic carboxylic acids is 1. The second kappa shape index (κ2) is 5.62. The lowest BCUT2D eigenvalue weighted by Crippen LogP contribution is -2.28. The van der Waals surface area contributed by atoms with Crippen molar-refractivity contribution < 1.29 is 18.3 Å².